The second-order valence-corrected chi connectivity index (χ2v) is 6.21. The SMILES string of the molecule is CCOc1cc(/C=C/C(=O)N2CCC(C(N)=O)CC2)cc(Cl)c1OC. The van der Waals surface area contributed by atoms with Gasteiger partial charge in [0.15, 0.2) is 11.5 Å². The Bertz CT molecular complexity index is 667. The lowest BCUT2D eigenvalue weighted by molar-refractivity contribution is -0.130. The standard InChI is InChI=1S/C18H23ClN2O4/c1-3-25-15-11-12(10-14(19)17(15)24-2)4-5-16(22)21-8-6-13(7-9-21)18(20)23/h4-5,10-11,13H,3,6-9H2,1-2H3,(H2,20,23)/b5-4+. The molecule has 1 fully saturated rings. The van der Waals surface area contributed by atoms with Crippen LogP contribution >= 0.6 is 11.6 Å². The van der Waals surface area contributed by atoms with E-state index in [0.717, 1.165) is 5.56 Å². The van der Waals surface area contributed by atoms with E-state index in [-0.39, 0.29) is 17.7 Å². The van der Waals surface area contributed by atoms with Gasteiger partial charge >= 0.3 is 0 Å². The summed E-state index contributed by atoms with van der Waals surface area (Å²) >= 11 is 6.20. The van der Waals surface area contributed by atoms with Gasteiger partial charge in [0.1, 0.15) is 0 Å². The van der Waals surface area contributed by atoms with Gasteiger partial charge in [0.05, 0.1) is 18.7 Å². The molecule has 0 saturated carbocycles. The van der Waals surface area contributed by atoms with Crippen molar-refractivity contribution in [3.63, 3.8) is 0 Å². The van der Waals surface area contributed by atoms with Gasteiger partial charge in [-0.1, -0.05) is 11.6 Å². The lowest BCUT2D eigenvalue weighted by atomic mass is 9.96. The molecule has 0 atom stereocenters. The third kappa shape index (κ3) is 4.89. The first-order chi connectivity index (χ1) is 12.0. The van der Waals surface area contributed by atoms with Crippen LogP contribution < -0.4 is 15.2 Å². The van der Waals surface area contributed by atoms with E-state index in [1.165, 1.54) is 13.2 Å². The highest BCUT2D eigenvalue weighted by molar-refractivity contribution is 6.32. The van der Waals surface area contributed by atoms with E-state index < -0.39 is 0 Å². The predicted molar refractivity (Wildman–Crippen MR) is 96.7 cm³/mol. The first-order valence-electron chi connectivity index (χ1n) is 8.22. The first-order valence-corrected chi connectivity index (χ1v) is 8.60. The summed E-state index contributed by atoms with van der Waals surface area (Å²) in [4.78, 5) is 25.2. The molecule has 1 saturated heterocycles. The number of amides is 2. The number of hydrogen-bond acceptors (Lipinski definition) is 4. The highest BCUT2D eigenvalue weighted by Gasteiger charge is 2.24. The molecular formula is C18H23ClN2O4. The van der Waals surface area contributed by atoms with Crippen molar-refractivity contribution in [3.8, 4) is 11.5 Å². The van der Waals surface area contributed by atoms with E-state index in [4.69, 9.17) is 26.8 Å². The molecule has 6 nitrogen and oxygen atoms in total. The van der Waals surface area contributed by atoms with Crippen molar-refractivity contribution in [1.29, 1.82) is 0 Å². The van der Waals surface area contributed by atoms with Crippen molar-refractivity contribution >= 4 is 29.5 Å². The minimum absolute atomic E-state index is 0.104. The van der Waals surface area contributed by atoms with E-state index in [2.05, 4.69) is 0 Å². The summed E-state index contributed by atoms with van der Waals surface area (Å²) in [6.45, 7) is 3.41. The lowest BCUT2D eigenvalue weighted by Crippen LogP contribution is -2.41. The van der Waals surface area contributed by atoms with Gasteiger partial charge < -0.3 is 20.1 Å². The van der Waals surface area contributed by atoms with E-state index in [1.54, 1.807) is 23.1 Å². The molecule has 7 heteroatoms. The number of rotatable bonds is 6. The Labute approximate surface area is 152 Å². The Morgan fingerprint density at radius 2 is 2.04 bits per heavy atom. The normalized spacial score (nSPS) is 15.4. The van der Waals surface area contributed by atoms with Gasteiger partial charge in [0, 0.05) is 25.1 Å². The number of halogens is 1. The van der Waals surface area contributed by atoms with Gasteiger partial charge in [-0.15, -0.1) is 0 Å². The third-order valence-electron chi connectivity index (χ3n) is 4.16. The molecule has 0 aromatic heterocycles. The zero-order chi connectivity index (χ0) is 18.4. The molecule has 0 unspecified atom stereocenters. The maximum Gasteiger partial charge on any atom is 0.246 e. The summed E-state index contributed by atoms with van der Waals surface area (Å²) < 4.78 is 10.8. The quantitative estimate of drug-likeness (QED) is 0.784. The number of ether oxygens (including phenoxy) is 2. The van der Waals surface area contributed by atoms with E-state index in [0.29, 0.717) is 49.1 Å². The topological polar surface area (TPSA) is 81.9 Å². The van der Waals surface area contributed by atoms with Crippen LogP contribution in [0.1, 0.15) is 25.3 Å². The molecule has 1 aliphatic heterocycles. The fourth-order valence-corrected chi connectivity index (χ4v) is 3.10. The minimum atomic E-state index is -0.293. The van der Waals surface area contributed by atoms with Gasteiger partial charge in [-0.05, 0) is 43.5 Å². The molecule has 2 N–H and O–H groups in total. The molecular weight excluding hydrogens is 344 g/mol. The van der Waals surface area contributed by atoms with Crippen molar-refractivity contribution < 1.29 is 19.1 Å². The first kappa shape index (κ1) is 19.1. The number of carbonyl (C=O) groups is 2. The summed E-state index contributed by atoms with van der Waals surface area (Å²) in [7, 11) is 1.53. The zero-order valence-corrected chi connectivity index (χ0v) is 15.2. The second-order valence-electron chi connectivity index (χ2n) is 5.80. The molecule has 0 aliphatic carbocycles. The fourth-order valence-electron chi connectivity index (χ4n) is 2.80. The summed E-state index contributed by atoms with van der Waals surface area (Å²) in [5, 5.41) is 0.419. The van der Waals surface area contributed by atoms with Crippen LogP contribution in [0.25, 0.3) is 6.08 Å². The molecule has 0 spiro atoms. The molecule has 1 heterocycles. The number of carbonyl (C=O) groups excluding carboxylic acids is 2. The van der Waals surface area contributed by atoms with Crippen LogP contribution in [0.2, 0.25) is 5.02 Å². The number of benzene rings is 1. The van der Waals surface area contributed by atoms with E-state index in [9.17, 15) is 9.59 Å². The Balaban J connectivity index is 2.06. The van der Waals surface area contributed by atoms with Gasteiger partial charge in [-0.3, -0.25) is 9.59 Å². The smallest absolute Gasteiger partial charge is 0.246 e. The number of hydrogen-bond donors (Lipinski definition) is 1. The molecule has 0 bridgehead atoms. The van der Waals surface area contributed by atoms with Crippen LogP contribution in [-0.4, -0.2) is 43.5 Å². The number of nitrogens with two attached hydrogens (primary N) is 1. The Morgan fingerprint density at radius 3 is 2.60 bits per heavy atom. The molecule has 0 radical (unpaired) electrons. The molecule has 2 amide bonds. The van der Waals surface area contributed by atoms with Gasteiger partial charge in [0.25, 0.3) is 0 Å². The number of likely N-dealkylation sites (tertiary alicyclic amines) is 1. The van der Waals surface area contributed by atoms with Crippen molar-refractivity contribution in [1.82, 2.24) is 4.90 Å². The molecule has 1 aromatic carbocycles. The number of methoxy groups -OCH3 is 1. The monoisotopic (exact) mass is 366 g/mol. The summed E-state index contributed by atoms with van der Waals surface area (Å²) in [6, 6.07) is 3.49. The Hall–Kier alpha value is -2.21. The largest absolute Gasteiger partial charge is 0.491 e. The molecule has 25 heavy (non-hydrogen) atoms. The van der Waals surface area contributed by atoms with Crippen LogP contribution in [-0.2, 0) is 9.59 Å². The average molecular weight is 367 g/mol. The van der Waals surface area contributed by atoms with Crippen LogP contribution in [0.5, 0.6) is 11.5 Å². The summed E-state index contributed by atoms with van der Waals surface area (Å²) in [6.07, 6.45) is 4.41. The molecule has 1 aliphatic rings. The molecule has 2 rings (SSSR count). The van der Waals surface area contributed by atoms with Crippen molar-refractivity contribution in [3.05, 3.63) is 28.8 Å². The number of nitrogens with zero attached hydrogens (tertiary/aromatic N) is 1. The second kappa shape index (κ2) is 8.76. The third-order valence-corrected chi connectivity index (χ3v) is 4.44. The van der Waals surface area contributed by atoms with Gasteiger partial charge in [-0.25, -0.2) is 0 Å². The van der Waals surface area contributed by atoms with Crippen LogP contribution in [0.3, 0.4) is 0 Å². The number of piperidine rings is 1. The highest BCUT2D eigenvalue weighted by atomic mass is 35.5. The van der Waals surface area contributed by atoms with Crippen molar-refractivity contribution in [2.75, 3.05) is 26.8 Å². The zero-order valence-electron chi connectivity index (χ0n) is 14.5. The minimum Gasteiger partial charge on any atom is -0.491 e. The Kier molecular flexibility index (Phi) is 6.70. The highest BCUT2D eigenvalue weighted by Crippen LogP contribution is 2.36. The van der Waals surface area contributed by atoms with E-state index in [1.807, 2.05) is 6.92 Å². The Morgan fingerprint density at radius 1 is 1.36 bits per heavy atom. The lowest BCUT2D eigenvalue weighted by Gasteiger charge is -2.29. The average Bonchev–Trinajstić information content (AvgIpc) is 2.60. The molecule has 1 aromatic rings. The summed E-state index contributed by atoms with van der Waals surface area (Å²) in [5.41, 5.74) is 6.05. The van der Waals surface area contributed by atoms with Crippen molar-refractivity contribution in [2.45, 2.75) is 19.8 Å². The van der Waals surface area contributed by atoms with E-state index >= 15 is 0 Å². The maximum atomic E-state index is 12.3. The van der Waals surface area contributed by atoms with Crippen LogP contribution in [0.15, 0.2) is 18.2 Å². The van der Waals surface area contributed by atoms with Crippen LogP contribution in [0, 0.1) is 5.92 Å². The van der Waals surface area contributed by atoms with Crippen LogP contribution in [0.4, 0.5) is 0 Å². The molecule has 136 valence electrons. The fraction of sp³-hybridized carbons (Fsp3) is 0.444. The summed E-state index contributed by atoms with van der Waals surface area (Å²) in [5.74, 6) is 0.473. The maximum absolute atomic E-state index is 12.3. The van der Waals surface area contributed by atoms with Gasteiger partial charge in [-0.2, -0.15) is 0 Å². The number of primary amides is 1. The van der Waals surface area contributed by atoms with Crippen molar-refractivity contribution in [2.24, 2.45) is 11.7 Å². The predicted octanol–water partition coefficient (Wildman–Crippen LogP) is 2.48. The van der Waals surface area contributed by atoms with Gasteiger partial charge in [0.2, 0.25) is 11.8 Å².